The fraction of sp³-hybridized carbons (Fsp3) is 0.0833. The summed E-state index contributed by atoms with van der Waals surface area (Å²) in [5.41, 5.74) is -1.86. The Morgan fingerprint density at radius 1 is 1.26 bits per heavy atom. The molecule has 1 amide bonds. The van der Waals surface area contributed by atoms with E-state index in [-0.39, 0.29) is 10.6 Å². The minimum Gasteiger partial charge on any atom is -0.325 e. The Morgan fingerprint density at radius 2 is 1.87 bits per heavy atom. The number of carbonyl (C=O) groups is 1. The number of sulfonamides is 1. The molecule has 23 heavy (non-hydrogen) atoms. The van der Waals surface area contributed by atoms with Crippen molar-refractivity contribution in [1.82, 2.24) is 9.55 Å². The van der Waals surface area contributed by atoms with Gasteiger partial charge >= 0.3 is 5.69 Å². The highest BCUT2D eigenvalue weighted by molar-refractivity contribution is 7.89. The Morgan fingerprint density at radius 3 is 2.43 bits per heavy atom. The third-order valence-electron chi connectivity index (χ3n) is 2.75. The molecule has 9 nitrogen and oxygen atoms in total. The first-order chi connectivity index (χ1) is 10.7. The smallest absolute Gasteiger partial charge is 0.325 e. The van der Waals surface area contributed by atoms with Gasteiger partial charge < -0.3 is 5.32 Å². The molecule has 0 bridgehead atoms. The van der Waals surface area contributed by atoms with Crippen molar-refractivity contribution in [2.24, 2.45) is 5.14 Å². The van der Waals surface area contributed by atoms with Crippen molar-refractivity contribution in [3.8, 4) is 0 Å². The maximum Gasteiger partial charge on any atom is 0.328 e. The number of H-pyrrole nitrogens is 1. The summed E-state index contributed by atoms with van der Waals surface area (Å²) in [5.74, 6) is -1.88. The average Bonchev–Trinajstić information content (AvgIpc) is 2.44. The van der Waals surface area contributed by atoms with Gasteiger partial charge in [0.2, 0.25) is 21.7 Å². The molecule has 1 aromatic carbocycles. The van der Waals surface area contributed by atoms with E-state index in [0.29, 0.717) is 10.8 Å². The van der Waals surface area contributed by atoms with Crippen molar-refractivity contribution in [3.63, 3.8) is 0 Å². The molecule has 2 aromatic rings. The molecule has 0 fully saturated rings. The van der Waals surface area contributed by atoms with E-state index in [1.807, 2.05) is 0 Å². The van der Waals surface area contributed by atoms with Crippen LogP contribution >= 0.6 is 0 Å². The number of rotatable bonds is 4. The molecule has 0 unspecified atom stereocenters. The number of benzene rings is 1. The maximum atomic E-state index is 13.1. The van der Waals surface area contributed by atoms with Crippen LogP contribution < -0.4 is 21.7 Å². The molecule has 0 aliphatic heterocycles. The van der Waals surface area contributed by atoms with Crippen molar-refractivity contribution < 1.29 is 17.6 Å². The van der Waals surface area contributed by atoms with Crippen LogP contribution in [0.5, 0.6) is 0 Å². The summed E-state index contributed by atoms with van der Waals surface area (Å²) in [7, 11) is -3.84. The van der Waals surface area contributed by atoms with E-state index in [0.717, 1.165) is 0 Å². The second kappa shape index (κ2) is 6.14. The zero-order valence-corrected chi connectivity index (χ0v) is 12.3. The quantitative estimate of drug-likeness (QED) is 0.650. The van der Waals surface area contributed by atoms with Gasteiger partial charge in [0, 0.05) is 5.69 Å². The molecule has 1 heterocycles. The van der Waals surface area contributed by atoms with Crippen LogP contribution in [0.4, 0.5) is 10.1 Å². The molecule has 0 saturated heterocycles. The Hall–Kier alpha value is -2.79. The van der Waals surface area contributed by atoms with E-state index in [4.69, 9.17) is 5.14 Å². The van der Waals surface area contributed by atoms with Gasteiger partial charge in [-0.05, 0) is 24.3 Å². The molecule has 4 N–H and O–H groups in total. The van der Waals surface area contributed by atoms with E-state index < -0.39 is 39.5 Å². The van der Waals surface area contributed by atoms with Gasteiger partial charge in [-0.15, -0.1) is 0 Å². The van der Waals surface area contributed by atoms with Crippen LogP contribution in [0.15, 0.2) is 44.9 Å². The SMILES string of the molecule is NS(=O)(=O)c1ccc(NC(=O)Cn2cc(F)c(=O)[nH]c2=O)cc1. The lowest BCUT2D eigenvalue weighted by atomic mass is 10.3. The normalized spacial score (nSPS) is 11.2. The van der Waals surface area contributed by atoms with Crippen molar-refractivity contribution in [2.75, 3.05) is 5.32 Å². The number of nitrogens with two attached hydrogens (primary N) is 1. The van der Waals surface area contributed by atoms with Gasteiger partial charge in [-0.2, -0.15) is 4.39 Å². The Labute approximate surface area is 128 Å². The fourth-order valence-electron chi connectivity index (χ4n) is 1.68. The van der Waals surface area contributed by atoms with Crippen LogP contribution in [0, 0.1) is 5.82 Å². The molecular formula is C12H11FN4O5S. The topological polar surface area (TPSA) is 144 Å². The van der Waals surface area contributed by atoms with Crippen LogP contribution in [-0.2, 0) is 21.4 Å². The predicted molar refractivity (Wildman–Crippen MR) is 77.7 cm³/mol. The second-order valence-electron chi connectivity index (χ2n) is 4.48. The number of anilines is 1. The first-order valence-electron chi connectivity index (χ1n) is 6.09. The third-order valence-corrected chi connectivity index (χ3v) is 3.68. The highest BCUT2D eigenvalue weighted by Crippen LogP contribution is 2.12. The summed E-state index contributed by atoms with van der Waals surface area (Å²) in [6.45, 7) is -0.538. The Kier molecular flexibility index (Phi) is 4.43. The maximum absolute atomic E-state index is 13.1. The molecule has 11 heteroatoms. The number of nitrogens with zero attached hydrogens (tertiary/aromatic N) is 1. The van der Waals surface area contributed by atoms with Crippen LogP contribution in [0.25, 0.3) is 0 Å². The minimum absolute atomic E-state index is 0.130. The lowest BCUT2D eigenvalue weighted by Crippen LogP contribution is -2.34. The highest BCUT2D eigenvalue weighted by Gasteiger charge is 2.10. The standard InChI is InChI=1S/C12H11FN4O5S/c13-9-5-17(12(20)16-11(9)19)6-10(18)15-7-1-3-8(4-2-7)23(14,21)22/h1-5H,6H2,(H,15,18)(H2,14,21,22)(H,16,19,20). The number of hydrogen-bond donors (Lipinski definition) is 3. The lowest BCUT2D eigenvalue weighted by molar-refractivity contribution is -0.116. The van der Waals surface area contributed by atoms with Crippen molar-refractivity contribution in [2.45, 2.75) is 11.4 Å². The largest absolute Gasteiger partial charge is 0.328 e. The Bertz CT molecular complexity index is 962. The molecule has 0 saturated carbocycles. The van der Waals surface area contributed by atoms with Crippen molar-refractivity contribution >= 4 is 21.6 Å². The molecule has 2 rings (SSSR count). The molecule has 0 spiro atoms. The first-order valence-corrected chi connectivity index (χ1v) is 7.63. The van der Waals surface area contributed by atoms with Gasteiger partial charge in [0.1, 0.15) is 6.54 Å². The third kappa shape index (κ3) is 4.11. The number of carbonyl (C=O) groups excluding carboxylic acids is 1. The second-order valence-corrected chi connectivity index (χ2v) is 6.04. The predicted octanol–water partition coefficient (Wildman–Crippen LogP) is -1.04. The summed E-state index contributed by atoms with van der Waals surface area (Å²) in [5, 5.41) is 7.32. The number of aromatic nitrogens is 2. The molecule has 1 aromatic heterocycles. The van der Waals surface area contributed by atoms with E-state index in [9.17, 15) is 27.2 Å². The summed E-state index contributed by atoms with van der Waals surface area (Å²) in [4.78, 5) is 35.7. The van der Waals surface area contributed by atoms with E-state index >= 15 is 0 Å². The van der Waals surface area contributed by atoms with Crippen molar-refractivity contribution in [3.05, 3.63) is 57.1 Å². The molecular weight excluding hydrogens is 331 g/mol. The number of halogens is 1. The number of hydrogen-bond acceptors (Lipinski definition) is 5. The fourth-order valence-corrected chi connectivity index (χ4v) is 2.20. The monoisotopic (exact) mass is 342 g/mol. The number of primary sulfonamides is 1. The summed E-state index contributed by atoms with van der Waals surface area (Å²) in [6.07, 6.45) is 0.616. The zero-order valence-electron chi connectivity index (χ0n) is 11.4. The van der Waals surface area contributed by atoms with Gasteiger partial charge in [-0.1, -0.05) is 0 Å². The van der Waals surface area contributed by atoms with E-state index in [2.05, 4.69) is 5.32 Å². The zero-order chi connectivity index (χ0) is 17.2. The van der Waals surface area contributed by atoms with Crippen LogP contribution in [0.2, 0.25) is 0 Å². The van der Waals surface area contributed by atoms with E-state index in [1.54, 1.807) is 4.98 Å². The highest BCUT2D eigenvalue weighted by atomic mass is 32.2. The Balaban J connectivity index is 2.13. The van der Waals surface area contributed by atoms with Gasteiger partial charge in [0.05, 0.1) is 11.1 Å². The van der Waals surface area contributed by atoms with E-state index in [1.165, 1.54) is 24.3 Å². The van der Waals surface area contributed by atoms with Crippen molar-refractivity contribution in [1.29, 1.82) is 0 Å². The van der Waals surface area contributed by atoms with Gasteiger partial charge in [0.15, 0.2) is 0 Å². The van der Waals surface area contributed by atoms with Gasteiger partial charge in [-0.25, -0.2) is 18.4 Å². The summed E-state index contributed by atoms with van der Waals surface area (Å²) < 4.78 is 36.0. The van der Waals surface area contributed by atoms with Gasteiger partial charge in [0.25, 0.3) is 5.56 Å². The number of nitrogens with one attached hydrogen (secondary N) is 2. The first kappa shape index (κ1) is 16.6. The molecule has 0 aliphatic rings. The molecule has 122 valence electrons. The van der Waals surface area contributed by atoms with Gasteiger partial charge in [-0.3, -0.25) is 19.1 Å². The lowest BCUT2D eigenvalue weighted by Gasteiger charge is -2.07. The van der Waals surface area contributed by atoms with Crippen LogP contribution in [-0.4, -0.2) is 23.9 Å². The summed E-state index contributed by atoms with van der Waals surface area (Å²) >= 11 is 0. The number of aromatic amines is 1. The van der Waals surface area contributed by atoms with Crippen LogP contribution in [0.1, 0.15) is 0 Å². The average molecular weight is 342 g/mol. The molecule has 0 radical (unpaired) electrons. The minimum atomic E-state index is -3.84. The summed E-state index contributed by atoms with van der Waals surface area (Å²) in [6, 6.07) is 4.98. The number of amides is 1. The molecule has 0 aliphatic carbocycles. The molecule has 0 atom stereocenters. The van der Waals surface area contributed by atoms with Crippen LogP contribution in [0.3, 0.4) is 0 Å².